The van der Waals surface area contributed by atoms with Gasteiger partial charge in [0.25, 0.3) is 5.91 Å². The minimum atomic E-state index is -0.0152. The number of anilines is 1. The number of hydrogen-bond donors (Lipinski definition) is 2. The third-order valence-electron chi connectivity index (χ3n) is 5.06. The molecule has 0 unspecified atom stereocenters. The molecule has 2 aromatic rings. The van der Waals surface area contributed by atoms with Gasteiger partial charge >= 0.3 is 0 Å². The molecule has 3 rings (SSSR count). The van der Waals surface area contributed by atoms with E-state index in [9.17, 15) is 9.59 Å². The fourth-order valence-corrected chi connectivity index (χ4v) is 4.30. The molecule has 1 aromatic heterocycles. The first-order valence-corrected chi connectivity index (χ1v) is 9.86. The van der Waals surface area contributed by atoms with Crippen molar-refractivity contribution in [3.8, 4) is 0 Å². The van der Waals surface area contributed by atoms with Crippen LogP contribution in [0.1, 0.15) is 34.5 Å². The van der Waals surface area contributed by atoms with E-state index in [2.05, 4.69) is 5.32 Å². The van der Waals surface area contributed by atoms with Crippen molar-refractivity contribution in [3.05, 3.63) is 52.2 Å². The third kappa shape index (κ3) is 5.09. The van der Waals surface area contributed by atoms with E-state index in [0.717, 1.165) is 30.5 Å². The Balaban J connectivity index is 0.00000261. The molecule has 2 amide bonds. The number of rotatable bonds is 6. The van der Waals surface area contributed by atoms with Crippen LogP contribution in [0, 0.1) is 11.8 Å². The second-order valence-electron chi connectivity index (χ2n) is 6.82. The Hall–Kier alpha value is -1.89. The molecule has 3 N–H and O–H groups in total. The number of nitrogens with zero attached hydrogens (tertiary/aromatic N) is 1. The lowest BCUT2D eigenvalue weighted by Gasteiger charge is -2.21. The Morgan fingerprint density at radius 2 is 2.00 bits per heavy atom. The predicted octanol–water partition coefficient (Wildman–Crippen LogP) is 3.76. The third-order valence-corrected chi connectivity index (χ3v) is 5.92. The van der Waals surface area contributed by atoms with Gasteiger partial charge in [-0.1, -0.05) is 30.7 Å². The van der Waals surface area contributed by atoms with E-state index in [1.165, 1.54) is 11.3 Å². The van der Waals surface area contributed by atoms with E-state index in [-0.39, 0.29) is 36.1 Å². The first-order chi connectivity index (χ1) is 12.6. The summed E-state index contributed by atoms with van der Waals surface area (Å²) in [7, 11) is 1.78. The second-order valence-corrected chi connectivity index (χ2v) is 7.77. The number of halogens is 1. The summed E-state index contributed by atoms with van der Waals surface area (Å²) in [5, 5.41) is 4.96. The molecule has 7 heteroatoms. The van der Waals surface area contributed by atoms with Crippen LogP contribution in [0.5, 0.6) is 0 Å². The van der Waals surface area contributed by atoms with Gasteiger partial charge in [0.1, 0.15) is 0 Å². The number of carbonyl (C=O) groups excluding carboxylic acids is 2. The highest BCUT2D eigenvalue weighted by Crippen LogP contribution is 2.32. The average Bonchev–Trinajstić information content (AvgIpc) is 3.34. The Kier molecular flexibility index (Phi) is 7.83. The van der Waals surface area contributed by atoms with E-state index in [1.54, 1.807) is 11.9 Å². The van der Waals surface area contributed by atoms with Gasteiger partial charge in [-0.15, -0.1) is 23.7 Å². The van der Waals surface area contributed by atoms with E-state index in [0.29, 0.717) is 18.0 Å². The normalized spacial score (nSPS) is 18.6. The summed E-state index contributed by atoms with van der Waals surface area (Å²) in [6, 6.07) is 11.4. The number of nitrogens with two attached hydrogens (primary N) is 1. The topological polar surface area (TPSA) is 75.4 Å². The van der Waals surface area contributed by atoms with Crippen molar-refractivity contribution in [2.45, 2.75) is 25.8 Å². The van der Waals surface area contributed by atoms with Gasteiger partial charge < -0.3 is 16.0 Å². The summed E-state index contributed by atoms with van der Waals surface area (Å²) in [4.78, 5) is 27.6. The number of carbonyl (C=O) groups is 2. The Bertz CT molecular complexity index is 766. The van der Waals surface area contributed by atoms with Gasteiger partial charge in [-0.3, -0.25) is 9.59 Å². The minimum Gasteiger partial charge on any atom is -0.337 e. The van der Waals surface area contributed by atoms with Crippen molar-refractivity contribution in [2.24, 2.45) is 17.6 Å². The lowest BCUT2D eigenvalue weighted by molar-refractivity contribution is -0.120. The van der Waals surface area contributed by atoms with Crippen LogP contribution >= 0.6 is 23.7 Å². The van der Waals surface area contributed by atoms with Crippen molar-refractivity contribution in [1.82, 2.24) is 4.90 Å². The first kappa shape index (κ1) is 21.4. The van der Waals surface area contributed by atoms with Crippen LogP contribution in [0.4, 0.5) is 5.69 Å². The molecular formula is C20H26ClN3O2S. The smallest absolute Gasteiger partial charge is 0.263 e. The van der Waals surface area contributed by atoms with Crippen LogP contribution in [0.3, 0.4) is 0 Å². The second kappa shape index (κ2) is 9.88. The molecule has 1 aliphatic rings. The van der Waals surface area contributed by atoms with Gasteiger partial charge in [0.15, 0.2) is 0 Å². The van der Waals surface area contributed by atoms with Crippen molar-refractivity contribution < 1.29 is 9.59 Å². The lowest BCUT2D eigenvalue weighted by Crippen LogP contribution is -2.30. The van der Waals surface area contributed by atoms with Crippen molar-refractivity contribution >= 4 is 41.2 Å². The van der Waals surface area contributed by atoms with Crippen LogP contribution in [0.25, 0.3) is 0 Å². The molecule has 0 aliphatic heterocycles. The Morgan fingerprint density at radius 1 is 1.22 bits per heavy atom. The van der Waals surface area contributed by atoms with E-state index >= 15 is 0 Å². The van der Waals surface area contributed by atoms with Crippen LogP contribution in [0.2, 0.25) is 0 Å². The number of amides is 2. The van der Waals surface area contributed by atoms with Crippen molar-refractivity contribution in [1.29, 1.82) is 0 Å². The summed E-state index contributed by atoms with van der Waals surface area (Å²) in [5.41, 5.74) is 7.50. The first-order valence-electron chi connectivity index (χ1n) is 8.98. The molecule has 1 aromatic carbocycles. The van der Waals surface area contributed by atoms with Gasteiger partial charge in [0.2, 0.25) is 5.91 Å². The molecular weight excluding hydrogens is 382 g/mol. The molecule has 1 aliphatic carbocycles. The Morgan fingerprint density at radius 3 is 2.70 bits per heavy atom. The van der Waals surface area contributed by atoms with Gasteiger partial charge in [0, 0.05) is 25.2 Å². The van der Waals surface area contributed by atoms with Crippen molar-refractivity contribution in [3.63, 3.8) is 0 Å². The summed E-state index contributed by atoms with van der Waals surface area (Å²) in [5.74, 6) is 0.279. The lowest BCUT2D eigenvalue weighted by atomic mass is 9.95. The van der Waals surface area contributed by atoms with E-state index in [1.807, 2.05) is 41.8 Å². The summed E-state index contributed by atoms with van der Waals surface area (Å²) in [6.07, 6.45) is 2.97. The van der Waals surface area contributed by atoms with Gasteiger partial charge in [0.05, 0.1) is 4.88 Å². The fraction of sp³-hybridized carbons (Fsp3) is 0.400. The highest BCUT2D eigenvalue weighted by Gasteiger charge is 2.32. The maximum Gasteiger partial charge on any atom is 0.263 e. The SMILES string of the molecule is CN(Cc1ccccc1NC(=O)[C@@H]1CCC[C@@H]1CN)C(=O)c1cccs1.Cl. The zero-order valence-corrected chi connectivity index (χ0v) is 17.0. The molecule has 1 heterocycles. The fourth-order valence-electron chi connectivity index (χ4n) is 3.59. The maximum absolute atomic E-state index is 12.7. The molecule has 0 bridgehead atoms. The molecule has 27 heavy (non-hydrogen) atoms. The van der Waals surface area contributed by atoms with Crippen LogP contribution < -0.4 is 11.1 Å². The molecule has 1 saturated carbocycles. The molecule has 0 spiro atoms. The molecule has 0 saturated heterocycles. The Labute approximate surface area is 170 Å². The van der Waals surface area contributed by atoms with Crippen molar-refractivity contribution in [2.75, 3.05) is 18.9 Å². The molecule has 0 radical (unpaired) electrons. The minimum absolute atomic E-state index is 0. The standard InChI is InChI=1S/C20H25N3O2S.ClH/c1-23(20(25)18-10-5-11-26-18)13-15-6-2-3-9-17(15)22-19(24)16-8-4-7-14(16)12-21;/h2-3,5-6,9-11,14,16H,4,7-8,12-13,21H2,1H3,(H,22,24);1H/t14-,16-;/m1./s1. The van der Waals surface area contributed by atoms with Crippen LogP contribution in [-0.2, 0) is 11.3 Å². The molecule has 2 atom stereocenters. The zero-order chi connectivity index (χ0) is 18.5. The van der Waals surface area contributed by atoms with Gasteiger partial charge in [-0.2, -0.15) is 0 Å². The van der Waals surface area contributed by atoms with Crippen LogP contribution in [0.15, 0.2) is 41.8 Å². The molecule has 1 fully saturated rings. The summed E-state index contributed by atoms with van der Waals surface area (Å²) >= 11 is 1.43. The highest BCUT2D eigenvalue weighted by molar-refractivity contribution is 7.12. The number of benzene rings is 1. The predicted molar refractivity (Wildman–Crippen MR) is 112 cm³/mol. The summed E-state index contributed by atoms with van der Waals surface area (Å²) < 4.78 is 0. The van der Waals surface area contributed by atoms with Crippen LogP contribution in [-0.4, -0.2) is 30.3 Å². The number of nitrogens with one attached hydrogen (secondary N) is 1. The van der Waals surface area contributed by atoms with Gasteiger partial charge in [-0.05, 0) is 48.4 Å². The summed E-state index contributed by atoms with van der Waals surface area (Å²) in [6.45, 7) is 0.996. The highest BCUT2D eigenvalue weighted by atomic mass is 35.5. The number of hydrogen-bond acceptors (Lipinski definition) is 4. The van der Waals surface area contributed by atoms with E-state index in [4.69, 9.17) is 5.73 Å². The zero-order valence-electron chi connectivity index (χ0n) is 15.4. The number of thiophene rings is 1. The molecule has 5 nitrogen and oxygen atoms in total. The average molecular weight is 408 g/mol. The number of para-hydroxylation sites is 1. The maximum atomic E-state index is 12.7. The quantitative estimate of drug-likeness (QED) is 0.765. The largest absolute Gasteiger partial charge is 0.337 e. The monoisotopic (exact) mass is 407 g/mol. The molecule has 146 valence electrons. The van der Waals surface area contributed by atoms with Gasteiger partial charge in [-0.25, -0.2) is 0 Å². The van der Waals surface area contributed by atoms with E-state index < -0.39 is 0 Å².